The molecule has 1 atom stereocenters. The molecule has 0 spiro atoms. The molecule has 0 saturated carbocycles. The highest BCUT2D eigenvalue weighted by Gasteiger charge is 2.28. The molecule has 116 valence electrons. The van der Waals surface area contributed by atoms with Crippen LogP contribution in [-0.2, 0) is 20.9 Å². The molecular formula is C13H18N2O5S. The summed E-state index contributed by atoms with van der Waals surface area (Å²) in [7, 11) is 1.58. The molecule has 7 nitrogen and oxygen atoms in total. The molecule has 1 aliphatic heterocycles. The second kappa shape index (κ2) is 6.97. The number of carboxylic acid groups (broad SMARTS) is 1. The number of carbonyl (C=O) groups is 2. The number of methoxy groups -OCH3 is 1. The Kier molecular flexibility index (Phi) is 5.27. The predicted octanol–water partition coefficient (Wildman–Crippen LogP) is 0.914. The first-order valence-corrected chi connectivity index (χ1v) is 7.40. The van der Waals surface area contributed by atoms with Crippen molar-refractivity contribution < 1.29 is 24.2 Å². The van der Waals surface area contributed by atoms with E-state index in [1.807, 2.05) is 0 Å². The Morgan fingerprint density at radius 1 is 1.57 bits per heavy atom. The van der Waals surface area contributed by atoms with E-state index in [0.29, 0.717) is 36.9 Å². The fourth-order valence-corrected chi connectivity index (χ4v) is 3.21. The maximum absolute atomic E-state index is 12.5. The summed E-state index contributed by atoms with van der Waals surface area (Å²) in [6.45, 7) is 3.28. The van der Waals surface area contributed by atoms with Crippen molar-refractivity contribution in [2.45, 2.75) is 26.1 Å². The summed E-state index contributed by atoms with van der Waals surface area (Å²) in [5.41, 5.74) is 0.679. The molecule has 1 fully saturated rings. The van der Waals surface area contributed by atoms with Gasteiger partial charge in [-0.15, -0.1) is 11.3 Å². The van der Waals surface area contributed by atoms with Crippen molar-refractivity contribution in [3.63, 3.8) is 0 Å². The number of aryl methyl sites for hydroxylation is 1. The first kappa shape index (κ1) is 15.9. The van der Waals surface area contributed by atoms with E-state index < -0.39 is 12.1 Å². The molecule has 1 saturated heterocycles. The Hall–Kier alpha value is -1.51. The molecule has 8 heteroatoms. The molecule has 1 unspecified atom stereocenters. The largest absolute Gasteiger partial charge is 0.481 e. The van der Waals surface area contributed by atoms with Gasteiger partial charge in [-0.3, -0.25) is 9.59 Å². The molecule has 0 aliphatic carbocycles. The van der Waals surface area contributed by atoms with Gasteiger partial charge >= 0.3 is 5.97 Å². The van der Waals surface area contributed by atoms with E-state index in [1.54, 1.807) is 18.9 Å². The first-order chi connectivity index (χ1) is 10.0. The summed E-state index contributed by atoms with van der Waals surface area (Å²) in [5, 5.41) is 9.57. The van der Waals surface area contributed by atoms with Crippen LogP contribution in [-0.4, -0.2) is 59.8 Å². The number of morpholine rings is 1. The van der Waals surface area contributed by atoms with E-state index in [2.05, 4.69) is 4.98 Å². The lowest BCUT2D eigenvalue weighted by molar-refractivity contribution is -0.141. The molecule has 2 rings (SSSR count). The van der Waals surface area contributed by atoms with Crippen molar-refractivity contribution in [3.05, 3.63) is 15.6 Å². The molecule has 0 radical (unpaired) electrons. The zero-order valence-electron chi connectivity index (χ0n) is 12.0. The van der Waals surface area contributed by atoms with E-state index in [4.69, 9.17) is 14.6 Å². The van der Waals surface area contributed by atoms with Crippen molar-refractivity contribution in [2.75, 3.05) is 26.8 Å². The molecule has 2 heterocycles. The van der Waals surface area contributed by atoms with E-state index >= 15 is 0 Å². The normalized spacial score (nSPS) is 18.8. The van der Waals surface area contributed by atoms with E-state index in [9.17, 15) is 9.59 Å². The highest BCUT2D eigenvalue weighted by molar-refractivity contribution is 7.13. The summed E-state index contributed by atoms with van der Waals surface area (Å²) in [4.78, 5) is 29.8. The minimum atomic E-state index is -0.925. The zero-order chi connectivity index (χ0) is 15.4. The van der Waals surface area contributed by atoms with Crippen LogP contribution in [0.4, 0.5) is 0 Å². The Bertz CT molecular complexity index is 531. The number of nitrogens with zero attached hydrogens (tertiary/aromatic N) is 2. The standard InChI is InChI=1S/C13H18N2O5S/c1-8-12(21-10(14-8)7-19-2)13(18)15-3-4-20-9(6-15)5-11(16)17/h9H,3-7H2,1-2H3,(H,16,17). The van der Waals surface area contributed by atoms with Gasteiger partial charge in [-0.2, -0.15) is 0 Å². The van der Waals surface area contributed by atoms with Crippen LogP contribution < -0.4 is 0 Å². The summed E-state index contributed by atoms with van der Waals surface area (Å²) in [6, 6.07) is 0. The number of thiazole rings is 1. The molecule has 1 amide bonds. The van der Waals surface area contributed by atoms with Gasteiger partial charge in [0.05, 0.1) is 31.4 Å². The minimum absolute atomic E-state index is 0.0968. The van der Waals surface area contributed by atoms with Gasteiger partial charge in [0, 0.05) is 20.2 Å². The van der Waals surface area contributed by atoms with Crippen molar-refractivity contribution in [1.82, 2.24) is 9.88 Å². The van der Waals surface area contributed by atoms with Gasteiger partial charge in [0.15, 0.2) is 0 Å². The Labute approximate surface area is 126 Å². The van der Waals surface area contributed by atoms with E-state index in [1.165, 1.54) is 11.3 Å². The van der Waals surface area contributed by atoms with Crippen LogP contribution in [0.1, 0.15) is 26.8 Å². The number of aromatic nitrogens is 1. The molecule has 1 aliphatic rings. The number of aliphatic carboxylic acids is 1. The van der Waals surface area contributed by atoms with Crippen molar-refractivity contribution in [1.29, 1.82) is 0 Å². The maximum Gasteiger partial charge on any atom is 0.306 e. The fraction of sp³-hybridized carbons (Fsp3) is 0.615. The van der Waals surface area contributed by atoms with E-state index in [-0.39, 0.29) is 12.3 Å². The van der Waals surface area contributed by atoms with Gasteiger partial charge in [-0.25, -0.2) is 4.98 Å². The van der Waals surface area contributed by atoms with Gasteiger partial charge in [0.1, 0.15) is 9.88 Å². The highest BCUT2D eigenvalue weighted by atomic mass is 32.1. The van der Waals surface area contributed by atoms with Gasteiger partial charge in [-0.1, -0.05) is 0 Å². The SMILES string of the molecule is COCc1nc(C)c(C(=O)N2CCOC(CC(=O)O)C2)s1. The van der Waals surface area contributed by atoms with Gasteiger partial charge < -0.3 is 19.5 Å². The fourth-order valence-electron chi connectivity index (χ4n) is 2.20. The molecular weight excluding hydrogens is 296 g/mol. The lowest BCUT2D eigenvalue weighted by atomic mass is 10.2. The average molecular weight is 314 g/mol. The molecule has 1 N–H and O–H groups in total. The van der Waals surface area contributed by atoms with Crippen LogP contribution in [0.25, 0.3) is 0 Å². The first-order valence-electron chi connectivity index (χ1n) is 6.59. The third-order valence-corrected chi connectivity index (χ3v) is 4.25. The molecule has 1 aromatic rings. The van der Waals surface area contributed by atoms with Crippen LogP contribution >= 0.6 is 11.3 Å². The number of ether oxygens (including phenoxy) is 2. The van der Waals surface area contributed by atoms with E-state index in [0.717, 1.165) is 5.01 Å². The van der Waals surface area contributed by atoms with Gasteiger partial charge in [-0.05, 0) is 6.92 Å². The topological polar surface area (TPSA) is 89.0 Å². The van der Waals surface area contributed by atoms with Crippen molar-refractivity contribution in [3.8, 4) is 0 Å². The van der Waals surface area contributed by atoms with Crippen molar-refractivity contribution >= 4 is 23.2 Å². The number of carbonyl (C=O) groups excluding carboxylic acids is 1. The lowest BCUT2D eigenvalue weighted by Crippen LogP contribution is -2.46. The number of hydrogen-bond acceptors (Lipinski definition) is 6. The van der Waals surface area contributed by atoms with Crippen molar-refractivity contribution in [2.24, 2.45) is 0 Å². The quantitative estimate of drug-likeness (QED) is 0.869. The average Bonchev–Trinajstić information content (AvgIpc) is 2.79. The number of hydrogen-bond donors (Lipinski definition) is 1. The van der Waals surface area contributed by atoms with Crippen LogP contribution in [0, 0.1) is 6.92 Å². The van der Waals surface area contributed by atoms with Crippen LogP contribution in [0.3, 0.4) is 0 Å². The lowest BCUT2D eigenvalue weighted by Gasteiger charge is -2.32. The smallest absolute Gasteiger partial charge is 0.306 e. The summed E-state index contributed by atoms with van der Waals surface area (Å²) in [5.74, 6) is -1.04. The molecule has 0 bridgehead atoms. The minimum Gasteiger partial charge on any atom is -0.481 e. The van der Waals surface area contributed by atoms with Gasteiger partial charge in [0.2, 0.25) is 0 Å². The molecule has 21 heavy (non-hydrogen) atoms. The van der Waals surface area contributed by atoms with Crippen LogP contribution in [0.5, 0.6) is 0 Å². The highest BCUT2D eigenvalue weighted by Crippen LogP contribution is 2.22. The number of rotatable bonds is 5. The predicted molar refractivity (Wildman–Crippen MR) is 75.5 cm³/mol. The zero-order valence-corrected chi connectivity index (χ0v) is 12.8. The molecule has 1 aromatic heterocycles. The summed E-state index contributed by atoms with van der Waals surface area (Å²) < 4.78 is 10.4. The van der Waals surface area contributed by atoms with Crippen LogP contribution in [0.15, 0.2) is 0 Å². The maximum atomic E-state index is 12.5. The Morgan fingerprint density at radius 3 is 3.00 bits per heavy atom. The van der Waals surface area contributed by atoms with Crippen LogP contribution in [0.2, 0.25) is 0 Å². The third kappa shape index (κ3) is 3.99. The molecule has 0 aromatic carbocycles. The number of amides is 1. The third-order valence-electron chi connectivity index (χ3n) is 3.13. The number of carboxylic acids is 1. The summed E-state index contributed by atoms with van der Waals surface area (Å²) in [6.07, 6.45) is -0.549. The monoisotopic (exact) mass is 314 g/mol. The Balaban J connectivity index is 2.06. The summed E-state index contributed by atoms with van der Waals surface area (Å²) >= 11 is 1.32. The second-order valence-corrected chi connectivity index (χ2v) is 5.88. The Morgan fingerprint density at radius 2 is 2.33 bits per heavy atom. The second-order valence-electron chi connectivity index (χ2n) is 4.80. The van der Waals surface area contributed by atoms with Gasteiger partial charge in [0.25, 0.3) is 5.91 Å².